The van der Waals surface area contributed by atoms with E-state index in [1.54, 1.807) is 6.08 Å². The third-order valence-electron chi connectivity index (χ3n) is 1.33. The topological polar surface area (TPSA) is 32.4 Å². The minimum Gasteiger partial charge on any atom is -0.367 e. The SMILES string of the molecule is C=CCC1(C[O])CO1. The summed E-state index contributed by atoms with van der Waals surface area (Å²) in [4.78, 5) is 0. The zero-order valence-corrected chi connectivity index (χ0v) is 4.72. The first-order valence-electron chi connectivity index (χ1n) is 2.66. The van der Waals surface area contributed by atoms with Gasteiger partial charge in [-0.15, -0.1) is 6.58 Å². The molecule has 0 spiro atoms. The Morgan fingerprint density at radius 2 is 2.50 bits per heavy atom. The van der Waals surface area contributed by atoms with Crippen LogP contribution in [0.1, 0.15) is 6.42 Å². The Kier molecular flexibility index (Phi) is 1.36. The van der Waals surface area contributed by atoms with Gasteiger partial charge in [0.15, 0.2) is 0 Å². The van der Waals surface area contributed by atoms with E-state index in [-0.39, 0.29) is 12.2 Å². The first-order chi connectivity index (χ1) is 3.83. The average molecular weight is 113 g/mol. The molecular weight excluding hydrogens is 104 g/mol. The standard InChI is InChI=1S/C6H9O2/c1-2-3-6(4-7)5-8-6/h2H,1,3-5H2. The number of ether oxygens (including phenoxy) is 1. The minimum atomic E-state index is -0.332. The summed E-state index contributed by atoms with van der Waals surface area (Å²) in [5.74, 6) is 0. The molecule has 0 aromatic rings. The highest BCUT2D eigenvalue weighted by atomic mass is 16.6. The van der Waals surface area contributed by atoms with E-state index in [1.165, 1.54) is 0 Å². The van der Waals surface area contributed by atoms with Crippen LogP contribution in [-0.4, -0.2) is 18.8 Å². The van der Waals surface area contributed by atoms with Crippen molar-refractivity contribution in [3.63, 3.8) is 0 Å². The summed E-state index contributed by atoms with van der Waals surface area (Å²) >= 11 is 0. The van der Waals surface area contributed by atoms with E-state index in [1.807, 2.05) is 0 Å². The van der Waals surface area contributed by atoms with Gasteiger partial charge in [-0.25, -0.2) is 5.11 Å². The van der Waals surface area contributed by atoms with E-state index < -0.39 is 0 Å². The molecule has 1 saturated heterocycles. The Morgan fingerprint density at radius 3 is 2.62 bits per heavy atom. The second-order valence-electron chi connectivity index (χ2n) is 2.11. The van der Waals surface area contributed by atoms with Gasteiger partial charge >= 0.3 is 0 Å². The molecule has 1 unspecified atom stereocenters. The molecule has 0 aliphatic carbocycles. The Hall–Kier alpha value is -0.340. The number of hydrogen-bond acceptors (Lipinski definition) is 1. The first-order valence-corrected chi connectivity index (χ1v) is 2.66. The lowest BCUT2D eigenvalue weighted by atomic mass is 10.1. The van der Waals surface area contributed by atoms with Crippen LogP contribution in [0.4, 0.5) is 0 Å². The van der Waals surface area contributed by atoms with Crippen LogP contribution in [0.3, 0.4) is 0 Å². The van der Waals surface area contributed by atoms with Gasteiger partial charge in [0.05, 0.1) is 6.61 Å². The lowest BCUT2D eigenvalue weighted by Crippen LogP contribution is -2.13. The van der Waals surface area contributed by atoms with E-state index in [9.17, 15) is 5.11 Å². The average Bonchev–Trinajstić information content (AvgIpc) is 2.50. The molecule has 0 aromatic carbocycles. The fourth-order valence-corrected chi connectivity index (χ4v) is 0.625. The third-order valence-corrected chi connectivity index (χ3v) is 1.33. The van der Waals surface area contributed by atoms with Crippen molar-refractivity contribution in [3.05, 3.63) is 12.7 Å². The zero-order chi connectivity index (χ0) is 6.04. The fourth-order valence-electron chi connectivity index (χ4n) is 0.625. The van der Waals surface area contributed by atoms with Crippen molar-refractivity contribution in [3.8, 4) is 0 Å². The molecule has 0 N–H and O–H groups in total. The molecule has 45 valence electrons. The molecule has 0 aromatic heterocycles. The Morgan fingerprint density at radius 1 is 1.88 bits per heavy atom. The van der Waals surface area contributed by atoms with Crippen LogP contribution in [0.5, 0.6) is 0 Å². The number of rotatable bonds is 3. The fraction of sp³-hybridized carbons (Fsp3) is 0.667. The van der Waals surface area contributed by atoms with Crippen molar-refractivity contribution in [1.82, 2.24) is 0 Å². The number of hydrogen-bond donors (Lipinski definition) is 0. The van der Waals surface area contributed by atoms with Crippen LogP contribution in [0.25, 0.3) is 0 Å². The maximum atomic E-state index is 10.2. The molecule has 0 bridgehead atoms. The maximum absolute atomic E-state index is 10.2. The lowest BCUT2D eigenvalue weighted by Gasteiger charge is -1.98. The summed E-state index contributed by atoms with van der Waals surface area (Å²) in [5, 5.41) is 10.2. The van der Waals surface area contributed by atoms with Crippen molar-refractivity contribution in [2.45, 2.75) is 12.0 Å². The van der Waals surface area contributed by atoms with Crippen LogP contribution in [-0.2, 0) is 9.84 Å². The van der Waals surface area contributed by atoms with Gasteiger partial charge in [0.1, 0.15) is 12.2 Å². The van der Waals surface area contributed by atoms with Crippen LogP contribution in [0.2, 0.25) is 0 Å². The molecular formula is C6H9O2. The largest absolute Gasteiger partial charge is 0.367 e. The van der Waals surface area contributed by atoms with Gasteiger partial charge in [-0.3, -0.25) is 0 Å². The van der Waals surface area contributed by atoms with Crippen molar-refractivity contribution in [2.75, 3.05) is 13.2 Å². The van der Waals surface area contributed by atoms with Gasteiger partial charge in [0.25, 0.3) is 0 Å². The van der Waals surface area contributed by atoms with E-state index in [2.05, 4.69) is 6.58 Å². The van der Waals surface area contributed by atoms with Crippen molar-refractivity contribution >= 4 is 0 Å². The van der Waals surface area contributed by atoms with E-state index in [4.69, 9.17) is 4.74 Å². The van der Waals surface area contributed by atoms with Gasteiger partial charge in [-0.1, -0.05) is 6.08 Å². The van der Waals surface area contributed by atoms with Gasteiger partial charge in [0, 0.05) is 0 Å². The summed E-state index contributed by atoms with van der Waals surface area (Å²) in [7, 11) is 0. The highest BCUT2D eigenvalue weighted by molar-refractivity contribution is 4.96. The van der Waals surface area contributed by atoms with Gasteiger partial charge < -0.3 is 4.74 Å². The summed E-state index contributed by atoms with van der Waals surface area (Å²) < 4.78 is 4.90. The Labute approximate surface area is 48.8 Å². The number of epoxide rings is 1. The van der Waals surface area contributed by atoms with Gasteiger partial charge in [0.2, 0.25) is 0 Å². The predicted octanol–water partition coefficient (Wildman–Crippen LogP) is 0.762. The molecule has 1 aliphatic heterocycles. The molecule has 1 fully saturated rings. The Balaban J connectivity index is 2.29. The van der Waals surface area contributed by atoms with E-state index in [0.29, 0.717) is 13.0 Å². The highest BCUT2D eigenvalue weighted by Gasteiger charge is 2.43. The van der Waals surface area contributed by atoms with Gasteiger partial charge in [-0.2, -0.15) is 0 Å². The van der Waals surface area contributed by atoms with Gasteiger partial charge in [-0.05, 0) is 6.42 Å². The van der Waals surface area contributed by atoms with Crippen molar-refractivity contribution in [1.29, 1.82) is 0 Å². The summed E-state index contributed by atoms with van der Waals surface area (Å²) in [6.07, 6.45) is 2.43. The van der Waals surface area contributed by atoms with Crippen molar-refractivity contribution in [2.24, 2.45) is 0 Å². The van der Waals surface area contributed by atoms with E-state index in [0.717, 1.165) is 0 Å². The molecule has 2 heteroatoms. The monoisotopic (exact) mass is 113 g/mol. The highest BCUT2D eigenvalue weighted by Crippen LogP contribution is 2.30. The molecule has 2 nitrogen and oxygen atoms in total. The Bertz CT molecular complexity index is 94.7. The summed E-state index contributed by atoms with van der Waals surface area (Å²) in [6, 6.07) is 0. The molecule has 1 heterocycles. The summed E-state index contributed by atoms with van der Waals surface area (Å²) in [6.45, 7) is 4.02. The summed E-state index contributed by atoms with van der Waals surface area (Å²) in [5.41, 5.74) is -0.332. The third kappa shape index (κ3) is 0.904. The van der Waals surface area contributed by atoms with Crippen molar-refractivity contribution < 1.29 is 9.84 Å². The minimum absolute atomic E-state index is 0.126. The second-order valence-corrected chi connectivity index (χ2v) is 2.11. The smallest absolute Gasteiger partial charge is 0.121 e. The van der Waals surface area contributed by atoms with E-state index >= 15 is 0 Å². The molecule has 1 radical (unpaired) electrons. The lowest BCUT2D eigenvalue weighted by molar-refractivity contribution is 0.112. The quantitative estimate of drug-likeness (QED) is 0.393. The molecule has 0 saturated carbocycles. The molecule has 8 heavy (non-hydrogen) atoms. The van der Waals surface area contributed by atoms with Crippen LogP contribution in [0.15, 0.2) is 12.7 Å². The predicted molar refractivity (Wildman–Crippen MR) is 29.1 cm³/mol. The zero-order valence-electron chi connectivity index (χ0n) is 4.72. The second kappa shape index (κ2) is 1.88. The molecule has 1 rings (SSSR count). The van der Waals surface area contributed by atoms with Crippen LogP contribution in [0, 0.1) is 0 Å². The van der Waals surface area contributed by atoms with Crippen LogP contribution < -0.4 is 0 Å². The maximum Gasteiger partial charge on any atom is 0.121 e. The first kappa shape index (κ1) is 5.79. The normalized spacial score (nSPS) is 34.6. The van der Waals surface area contributed by atoms with Crippen LogP contribution >= 0.6 is 0 Å². The molecule has 0 amide bonds. The molecule has 1 aliphatic rings. The molecule has 1 atom stereocenters.